The molecule has 0 spiro atoms. The zero-order chi connectivity index (χ0) is 11.2. The summed E-state index contributed by atoms with van der Waals surface area (Å²) in [6.45, 7) is -4.94. The molecule has 2 aliphatic heterocycles. The summed E-state index contributed by atoms with van der Waals surface area (Å²) < 4.78 is 22.6. The third-order valence-electron chi connectivity index (χ3n) is 1.46. The molecule has 15 heavy (non-hydrogen) atoms. The predicted octanol–water partition coefficient (Wildman–Crippen LogP) is 6.23. The van der Waals surface area contributed by atoms with Gasteiger partial charge in [0.15, 0.2) is 0 Å². The van der Waals surface area contributed by atoms with Crippen LogP contribution in [0, 0.1) is 0 Å². The van der Waals surface area contributed by atoms with Gasteiger partial charge in [0.1, 0.15) is 0 Å². The molecule has 12 heteroatoms. The van der Waals surface area contributed by atoms with Gasteiger partial charge in [0.25, 0.3) is 19.5 Å². The van der Waals surface area contributed by atoms with Crippen LogP contribution in [-0.2, 0) is 9.05 Å². The largest absolute Gasteiger partial charge is 0.316 e. The number of hydrogen-bond donors (Lipinski definition) is 0. The Hall–Kier alpha value is 1.77. The maximum atomic E-state index is 6.07. The van der Waals surface area contributed by atoms with E-state index in [4.69, 9.17) is 54.0 Å². The molecule has 88 valence electrons. The molecule has 0 aromatic rings. The van der Waals surface area contributed by atoms with E-state index in [1.807, 2.05) is 0 Å². The number of nitrogens with zero attached hydrogens (tertiary/aromatic N) is 3. The van der Waals surface area contributed by atoms with Gasteiger partial charge in [-0.05, 0) is 51.4 Å². The minimum atomic E-state index is -2.91. The van der Waals surface area contributed by atoms with Crippen molar-refractivity contribution in [3.8, 4) is 0 Å². The summed E-state index contributed by atoms with van der Waals surface area (Å²) in [7, 11) is 0. The van der Waals surface area contributed by atoms with Crippen LogP contribution in [0.1, 0.15) is 6.42 Å². The van der Waals surface area contributed by atoms with E-state index in [1.54, 1.807) is 0 Å². The van der Waals surface area contributed by atoms with Crippen molar-refractivity contribution in [3.05, 3.63) is 0 Å². The zero-order valence-electron chi connectivity index (χ0n) is 7.13. The van der Waals surface area contributed by atoms with Gasteiger partial charge >= 0.3 is 0 Å². The highest BCUT2D eigenvalue weighted by molar-refractivity contribution is 8.16. The highest BCUT2D eigenvalue weighted by Crippen LogP contribution is 2.85. The molecule has 0 saturated carbocycles. The molecule has 2 bridgehead atoms. The summed E-state index contributed by atoms with van der Waals surface area (Å²) in [6, 6.07) is 0. The lowest BCUT2D eigenvalue weighted by Gasteiger charge is -2.26. The van der Waals surface area contributed by atoms with Crippen molar-refractivity contribution in [2.45, 2.75) is 6.42 Å². The lowest BCUT2D eigenvalue weighted by molar-refractivity contribution is 0.271. The third kappa shape index (κ3) is 3.37. The molecule has 0 radical (unpaired) electrons. The first-order valence-corrected chi connectivity index (χ1v) is 12.4. The Morgan fingerprint density at radius 3 is 1.93 bits per heavy atom. The molecule has 2 rings (SSSR count). The molecular weight excluding hydrogens is 345 g/mol. The second-order valence-electron chi connectivity index (χ2n) is 2.69. The van der Waals surface area contributed by atoms with Crippen molar-refractivity contribution in [1.29, 1.82) is 0 Å². The maximum Gasteiger partial charge on any atom is 0.300 e. The first kappa shape index (κ1) is 13.2. The monoisotopic (exact) mass is 349 g/mol. The molecule has 5 nitrogen and oxygen atoms in total. The van der Waals surface area contributed by atoms with Gasteiger partial charge in [0.2, 0.25) is 0 Å². The average Bonchev–Trinajstić information content (AvgIpc) is 1.95. The Bertz CT molecular complexity index is 432. The molecule has 2 atom stereocenters. The Morgan fingerprint density at radius 2 is 1.33 bits per heavy atom. The van der Waals surface area contributed by atoms with Crippen molar-refractivity contribution in [3.63, 3.8) is 0 Å². The smallest absolute Gasteiger partial charge is 0.300 e. The Kier molecular flexibility index (Phi) is 3.93. The molecule has 0 aliphatic carbocycles. The zero-order valence-corrected chi connectivity index (χ0v) is 12.8. The lowest BCUT2D eigenvalue weighted by Crippen LogP contribution is -1.99. The summed E-state index contributed by atoms with van der Waals surface area (Å²) in [4.78, 5) is 0. The van der Waals surface area contributed by atoms with Crippen LogP contribution in [-0.4, -0.2) is 13.2 Å². The summed E-state index contributed by atoms with van der Waals surface area (Å²) >= 11 is 23.9. The van der Waals surface area contributed by atoms with Crippen LogP contribution in [0.5, 0.6) is 0 Å². The maximum absolute atomic E-state index is 6.07. The molecule has 0 aromatic carbocycles. The molecule has 0 saturated heterocycles. The minimum absolute atomic E-state index is 0.398. The minimum Gasteiger partial charge on any atom is -0.316 e. The van der Waals surface area contributed by atoms with Crippen LogP contribution in [0.15, 0.2) is 13.5 Å². The van der Waals surface area contributed by atoms with Gasteiger partial charge in [-0.1, -0.05) is 0 Å². The normalized spacial score (nSPS) is 44.0. The van der Waals surface area contributed by atoms with Crippen molar-refractivity contribution >= 4 is 64.4 Å². The summed E-state index contributed by atoms with van der Waals surface area (Å²) in [6.07, 6.45) is 0.666. The summed E-state index contributed by atoms with van der Waals surface area (Å²) in [5.74, 6) is -2.91. The molecular formula is C3H6Cl4N3O2P3. The van der Waals surface area contributed by atoms with Crippen molar-refractivity contribution in [2.75, 3.05) is 13.2 Å². The van der Waals surface area contributed by atoms with Gasteiger partial charge in [0, 0.05) is 0 Å². The predicted molar refractivity (Wildman–Crippen MR) is 68.0 cm³/mol. The first-order valence-electron chi connectivity index (χ1n) is 3.82. The van der Waals surface area contributed by atoms with Gasteiger partial charge in [-0.25, -0.2) is 0 Å². The van der Waals surface area contributed by atoms with Crippen LogP contribution >= 0.6 is 64.4 Å². The van der Waals surface area contributed by atoms with E-state index >= 15 is 0 Å². The van der Waals surface area contributed by atoms with Crippen molar-refractivity contribution in [2.24, 2.45) is 13.5 Å². The van der Waals surface area contributed by atoms with E-state index in [-0.39, 0.29) is 0 Å². The Labute approximate surface area is 106 Å². The summed E-state index contributed by atoms with van der Waals surface area (Å²) in [5, 5.41) is 0. The first-order chi connectivity index (χ1) is 6.83. The fourth-order valence-corrected chi connectivity index (χ4v) is 15.8. The molecule has 0 N–H and O–H groups in total. The van der Waals surface area contributed by atoms with Crippen molar-refractivity contribution < 1.29 is 9.05 Å². The molecule has 0 amide bonds. The third-order valence-corrected chi connectivity index (χ3v) is 13.2. The molecule has 2 heterocycles. The average molecular weight is 351 g/mol. The topological polar surface area (TPSA) is 55.5 Å². The molecule has 2 aliphatic rings. The molecule has 0 aromatic heterocycles. The fourth-order valence-electron chi connectivity index (χ4n) is 0.979. The number of hydrogen-bond acceptors (Lipinski definition) is 5. The van der Waals surface area contributed by atoms with Crippen LogP contribution in [0.2, 0.25) is 0 Å². The van der Waals surface area contributed by atoms with Crippen LogP contribution < -0.4 is 0 Å². The van der Waals surface area contributed by atoms with Gasteiger partial charge in [-0.15, -0.1) is 0 Å². The number of rotatable bonds is 0. The fraction of sp³-hybridized carbons (Fsp3) is 1.00. The van der Waals surface area contributed by atoms with E-state index in [0.29, 0.717) is 19.6 Å². The number of fused-ring (bicyclic) bond motifs is 1. The Balaban J connectivity index is 2.61. The van der Waals surface area contributed by atoms with Crippen molar-refractivity contribution in [1.82, 2.24) is 0 Å². The second kappa shape index (κ2) is 4.46. The van der Waals surface area contributed by atoms with Gasteiger partial charge in [0.05, 0.1) is 13.2 Å². The van der Waals surface area contributed by atoms with Crippen LogP contribution in [0.3, 0.4) is 0 Å². The second-order valence-corrected chi connectivity index (χ2v) is 14.1. The van der Waals surface area contributed by atoms with E-state index in [1.165, 1.54) is 0 Å². The quantitative estimate of drug-likeness (QED) is 0.486. The standard InChI is InChI=1S/C3H6Cl4N3O2P3/c4-13(5)8-14(6)10-15(7,9-13)12-3-1-2-11-14/h1-3H2. The van der Waals surface area contributed by atoms with Gasteiger partial charge in [-0.2, -0.15) is 13.5 Å². The molecule has 0 fully saturated rings. The number of halogens is 4. The summed E-state index contributed by atoms with van der Waals surface area (Å²) in [5.41, 5.74) is 0. The molecule has 2 unspecified atom stereocenters. The van der Waals surface area contributed by atoms with E-state index in [9.17, 15) is 0 Å². The van der Waals surface area contributed by atoms with E-state index < -0.39 is 19.5 Å². The highest BCUT2D eigenvalue weighted by Gasteiger charge is 2.36. The highest BCUT2D eigenvalue weighted by atomic mass is 35.9. The van der Waals surface area contributed by atoms with E-state index in [0.717, 1.165) is 0 Å². The lowest BCUT2D eigenvalue weighted by atomic mass is 10.5. The van der Waals surface area contributed by atoms with Gasteiger partial charge in [-0.3, -0.25) is 0 Å². The van der Waals surface area contributed by atoms with Crippen LogP contribution in [0.4, 0.5) is 0 Å². The van der Waals surface area contributed by atoms with Crippen LogP contribution in [0.25, 0.3) is 0 Å². The van der Waals surface area contributed by atoms with E-state index in [2.05, 4.69) is 13.5 Å². The Morgan fingerprint density at radius 1 is 0.800 bits per heavy atom. The van der Waals surface area contributed by atoms with Gasteiger partial charge < -0.3 is 9.05 Å². The SMILES string of the molecule is ClP1(Cl)=NP2(Cl)=NP(Cl)(=N1)OCCCO2.